The monoisotopic (exact) mass is 385 g/mol. The molecular weight excluding hydrogens is 358 g/mol. The number of morpholine rings is 1. The molecule has 0 amide bonds. The second kappa shape index (κ2) is 9.58. The van der Waals surface area contributed by atoms with E-state index in [2.05, 4.69) is 39.8 Å². The van der Waals surface area contributed by atoms with Gasteiger partial charge in [-0.2, -0.15) is 0 Å². The molecule has 0 unspecified atom stereocenters. The van der Waals surface area contributed by atoms with E-state index in [1.54, 1.807) is 0 Å². The van der Waals surface area contributed by atoms with Gasteiger partial charge in [0.05, 0.1) is 19.3 Å². The van der Waals surface area contributed by atoms with Crippen molar-refractivity contribution in [3.8, 4) is 5.75 Å². The number of nitrogens with zero attached hydrogens (tertiary/aromatic N) is 1. The molecule has 0 spiro atoms. The van der Waals surface area contributed by atoms with Gasteiger partial charge >= 0.3 is 0 Å². The molecule has 5 nitrogen and oxygen atoms in total. The van der Waals surface area contributed by atoms with E-state index in [0.29, 0.717) is 11.7 Å². The summed E-state index contributed by atoms with van der Waals surface area (Å²) in [6.45, 7) is 8.19. The zero-order valence-electron chi connectivity index (χ0n) is 15.9. The zero-order valence-corrected chi connectivity index (χ0v) is 16.7. The largest absolute Gasteiger partial charge is 0.491 e. The minimum atomic E-state index is 0.144. The van der Waals surface area contributed by atoms with Gasteiger partial charge in [0.25, 0.3) is 0 Å². The van der Waals surface area contributed by atoms with Crippen LogP contribution in [0.1, 0.15) is 19.4 Å². The number of nitrogens with one attached hydrogen (secondary N) is 2. The van der Waals surface area contributed by atoms with Crippen molar-refractivity contribution in [1.82, 2.24) is 5.32 Å². The van der Waals surface area contributed by atoms with E-state index >= 15 is 0 Å². The normalized spacial score (nSPS) is 14.1. The lowest BCUT2D eigenvalue weighted by Gasteiger charge is -2.28. The molecule has 0 bridgehead atoms. The Morgan fingerprint density at radius 1 is 1.15 bits per heavy atom. The van der Waals surface area contributed by atoms with Crippen molar-refractivity contribution in [3.05, 3.63) is 54.1 Å². The molecule has 0 radical (unpaired) electrons. The Morgan fingerprint density at radius 2 is 1.89 bits per heavy atom. The third-order valence-electron chi connectivity index (χ3n) is 4.23. The van der Waals surface area contributed by atoms with E-state index in [9.17, 15) is 0 Å². The van der Waals surface area contributed by atoms with Crippen LogP contribution >= 0.6 is 12.2 Å². The number of rotatable bonds is 6. The second-order valence-corrected chi connectivity index (χ2v) is 7.18. The molecule has 1 saturated heterocycles. The van der Waals surface area contributed by atoms with E-state index in [0.717, 1.165) is 37.7 Å². The summed E-state index contributed by atoms with van der Waals surface area (Å²) in [6, 6.07) is 16.4. The molecule has 1 heterocycles. The van der Waals surface area contributed by atoms with Crippen LogP contribution in [-0.4, -0.2) is 37.5 Å². The van der Waals surface area contributed by atoms with Gasteiger partial charge in [-0.15, -0.1) is 0 Å². The van der Waals surface area contributed by atoms with E-state index < -0.39 is 0 Å². The summed E-state index contributed by atoms with van der Waals surface area (Å²) >= 11 is 5.41. The minimum Gasteiger partial charge on any atom is -0.491 e. The molecule has 3 rings (SSSR count). The van der Waals surface area contributed by atoms with Crippen molar-refractivity contribution in [2.24, 2.45) is 0 Å². The molecule has 6 heteroatoms. The minimum absolute atomic E-state index is 0.144. The average molecular weight is 386 g/mol. The van der Waals surface area contributed by atoms with Crippen LogP contribution < -0.4 is 20.3 Å². The van der Waals surface area contributed by atoms with E-state index in [4.69, 9.17) is 21.7 Å². The molecular formula is C21H27N3O2S. The topological polar surface area (TPSA) is 45.8 Å². The van der Waals surface area contributed by atoms with Crippen LogP contribution in [0.2, 0.25) is 0 Å². The highest BCUT2D eigenvalue weighted by molar-refractivity contribution is 7.80. The highest BCUT2D eigenvalue weighted by atomic mass is 32.1. The Morgan fingerprint density at radius 3 is 2.59 bits per heavy atom. The SMILES string of the molecule is CC(C)Oc1cccc(NC(=S)NCc2ccc(N3CCOCC3)cc2)c1. The van der Waals surface area contributed by atoms with Gasteiger partial charge in [0.2, 0.25) is 0 Å². The first-order valence-corrected chi connectivity index (χ1v) is 9.74. The number of anilines is 2. The third kappa shape index (κ3) is 6.12. The molecule has 2 N–H and O–H groups in total. The maximum atomic E-state index is 5.71. The lowest BCUT2D eigenvalue weighted by atomic mass is 10.2. The third-order valence-corrected chi connectivity index (χ3v) is 4.48. The molecule has 0 saturated carbocycles. The van der Waals surface area contributed by atoms with E-state index in [-0.39, 0.29) is 6.10 Å². The van der Waals surface area contributed by atoms with Gasteiger partial charge in [0, 0.05) is 37.1 Å². The maximum absolute atomic E-state index is 5.71. The first kappa shape index (κ1) is 19.5. The number of thiocarbonyl (C=S) groups is 1. The van der Waals surface area contributed by atoms with Crippen LogP contribution in [0.4, 0.5) is 11.4 Å². The summed E-state index contributed by atoms with van der Waals surface area (Å²) in [5.74, 6) is 0.830. The molecule has 1 aliphatic rings. The summed E-state index contributed by atoms with van der Waals surface area (Å²) < 4.78 is 11.1. The zero-order chi connectivity index (χ0) is 19.1. The number of hydrogen-bond acceptors (Lipinski definition) is 4. The molecule has 0 atom stereocenters. The lowest BCUT2D eigenvalue weighted by molar-refractivity contribution is 0.122. The second-order valence-electron chi connectivity index (χ2n) is 6.77. The standard InChI is InChI=1S/C21H27N3O2S/c1-16(2)26-20-5-3-4-18(14-20)23-21(27)22-15-17-6-8-19(9-7-17)24-10-12-25-13-11-24/h3-9,14,16H,10-13,15H2,1-2H3,(H2,22,23,27). The van der Waals surface area contributed by atoms with E-state index in [1.807, 2.05) is 38.1 Å². The predicted octanol–water partition coefficient (Wildman–Crippen LogP) is 3.80. The summed E-state index contributed by atoms with van der Waals surface area (Å²) in [5.41, 5.74) is 3.34. The first-order valence-electron chi connectivity index (χ1n) is 9.33. The summed E-state index contributed by atoms with van der Waals surface area (Å²) in [5, 5.41) is 7.05. The van der Waals surface area contributed by atoms with Gasteiger partial charge in [-0.25, -0.2) is 0 Å². The Labute approximate surface area is 166 Å². The van der Waals surface area contributed by atoms with Crippen LogP contribution in [0.25, 0.3) is 0 Å². The quantitative estimate of drug-likeness (QED) is 0.738. The summed E-state index contributed by atoms with van der Waals surface area (Å²) in [7, 11) is 0. The van der Waals surface area contributed by atoms with Crippen LogP contribution in [0.3, 0.4) is 0 Å². The lowest BCUT2D eigenvalue weighted by Crippen LogP contribution is -2.36. The van der Waals surface area contributed by atoms with Crippen molar-refractivity contribution in [3.63, 3.8) is 0 Å². The van der Waals surface area contributed by atoms with Crippen molar-refractivity contribution in [2.45, 2.75) is 26.5 Å². The number of ether oxygens (including phenoxy) is 2. The van der Waals surface area contributed by atoms with Gasteiger partial charge in [-0.05, 0) is 55.9 Å². The van der Waals surface area contributed by atoms with Crippen LogP contribution in [-0.2, 0) is 11.3 Å². The van der Waals surface area contributed by atoms with Crippen molar-refractivity contribution >= 4 is 28.7 Å². The van der Waals surface area contributed by atoms with Gasteiger partial charge in [-0.1, -0.05) is 18.2 Å². The number of benzene rings is 2. The van der Waals surface area contributed by atoms with Crippen LogP contribution in [0.5, 0.6) is 5.75 Å². The smallest absolute Gasteiger partial charge is 0.171 e. The van der Waals surface area contributed by atoms with Gasteiger partial charge in [-0.3, -0.25) is 0 Å². The van der Waals surface area contributed by atoms with E-state index in [1.165, 1.54) is 11.3 Å². The summed E-state index contributed by atoms with van der Waals surface area (Å²) in [6.07, 6.45) is 0.144. The maximum Gasteiger partial charge on any atom is 0.171 e. The van der Waals surface area contributed by atoms with Crippen molar-refractivity contribution in [1.29, 1.82) is 0 Å². The molecule has 2 aromatic carbocycles. The molecule has 144 valence electrons. The highest BCUT2D eigenvalue weighted by Gasteiger charge is 2.10. The average Bonchev–Trinajstić information content (AvgIpc) is 2.67. The Balaban J connectivity index is 1.49. The van der Waals surface area contributed by atoms with Gasteiger partial charge in [0.15, 0.2) is 5.11 Å². The predicted molar refractivity (Wildman–Crippen MR) is 115 cm³/mol. The van der Waals surface area contributed by atoms with Crippen LogP contribution in [0, 0.1) is 0 Å². The molecule has 2 aromatic rings. The Kier molecular flexibility index (Phi) is 6.90. The fourth-order valence-corrected chi connectivity index (χ4v) is 3.11. The van der Waals surface area contributed by atoms with Crippen molar-refractivity contribution < 1.29 is 9.47 Å². The first-order chi connectivity index (χ1) is 13.1. The molecule has 27 heavy (non-hydrogen) atoms. The fraction of sp³-hybridized carbons (Fsp3) is 0.381. The van der Waals surface area contributed by atoms with Crippen LogP contribution in [0.15, 0.2) is 48.5 Å². The summed E-state index contributed by atoms with van der Waals surface area (Å²) in [4.78, 5) is 2.35. The van der Waals surface area contributed by atoms with Gasteiger partial charge < -0.3 is 25.0 Å². The highest BCUT2D eigenvalue weighted by Crippen LogP contribution is 2.19. The Bertz CT molecular complexity index is 743. The van der Waals surface area contributed by atoms with Gasteiger partial charge in [0.1, 0.15) is 5.75 Å². The molecule has 1 fully saturated rings. The molecule has 1 aliphatic heterocycles. The van der Waals surface area contributed by atoms with Crippen molar-refractivity contribution in [2.75, 3.05) is 36.5 Å². The Hall–Kier alpha value is -2.31. The molecule has 0 aromatic heterocycles. The number of hydrogen-bond donors (Lipinski definition) is 2. The fourth-order valence-electron chi connectivity index (χ4n) is 2.92. The molecule has 0 aliphatic carbocycles.